The first-order valence-corrected chi connectivity index (χ1v) is 8.85. The molecule has 0 N–H and O–H groups in total. The second kappa shape index (κ2) is 10.6. The van der Waals surface area contributed by atoms with E-state index in [4.69, 9.17) is 12.6 Å². The number of hydrogen-bond donors (Lipinski definition) is 0. The van der Waals surface area contributed by atoms with E-state index >= 15 is 0 Å². The van der Waals surface area contributed by atoms with Gasteiger partial charge in [-0.05, 0) is 48.5 Å². The Hall–Kier alpha value is 0.700. The van der Waals surface area contributed by atoms with E-state index in [1.165, 1.54) is 50.0 Å². The van der Waals surface area contributed by atoms with Gasteiger partial charge in [-0.3, -0.25) is 0 Å². The fraction of sp³-hybridized carbons (Fsp3) is 1.00. The summed E-state index contributed by atoms with van der Waals surface area (Å²) in [5.41, 5.74) is 0.494. The molecule has 103 valence electrons. The zero-order valence-electron chi connectivity index (χ0n) is 12.3. The lowest BCUT2D eigenvalue weighted by molar-refractivity contribution is 0.303. The van der Waals surface area contributed by atoms with Gasteiger partial charge in [0.25, 0.3) is 0 Å². The monoisotopic (exact) mass is 275 g/mol. The van der Waals surface area contributed by atoms with Gasteiger partial charge in [-0.25, -0.2) is 0 Å². The highest BCUT2D eigenvalue weighted by Crippen LogP contribution is 2.26. The van der Waals surface area contributed by atoms with Crippen LogP contribution in [0.15, 0.2) is 0 Å². The van der Waals surface area contributed by atoms with Crippen LogP contribution in [-0.4, -0.2) is 17.3 Å². The van der Waals surface area contributed by atoms with E-state index in [9.17, 15) is 0 Å². The van der Waals surface area contributed by atoms with Crippen LogP contribution in [0.3, 0.4) is 0 Å². The molecule has 0 aromatic heterocycles. The molecule has 1 atom stereocenters. The molecular weight excluding hydrogens is 244 g/mol. The highest BCUT2D eigenvalue weighted by Gasteiger charge is 2.14. The lowest BCUT2D eigenvalue weighted by Gasteiger charge is -2.23. The average Bonchev–Trinajstić information content (AvgIpc) is 2.19. The number of thioether (sulfide) groups is 1. The van der Waals surface area contributed by atoms with E-state index in [0.717, 1.165) is 11.7 Å². The van der Waals surface area contributed by atoms with Crippen LogP contribution in [0.4, 0.5) is 0 Å². The first kappa shape index (κ1) is 17.7. The highest BCUT2D eigenvalue weighted by atomic mass is 32.2. The average molecular weight is 276 g/mol. The first-order chi connectivity index (χ1) is 7.95. The third-order valence-electron chi connectivity index (χ3n) is 2.90. The predicted octanol–water partition coefficient (Wildman–Crippen LogP) is 5.94. The Morgan fingerprint density at radius 3 is 2.24 bits per heavy atom. The van der Waals surface area contributed by atoms with Crippen molar-refractivity contribution >= 4 is 24.4 Å². The van der Waals surface area contributed by atoms with Crippen LogP contribution in [0.25, 0.3) is 0 Å². The van der Waals surface area contributed by atoms with E-state index in [-0.39, 0.29) is 0 Å². The second-order valence-corrected chi connectivity index (χ2v) is 8.02. The standard InChI is InChI=1S/C15H31S2/c1-14(13-15(2,3)4)9-12-17-11-8-6-5-7-10-16/h14H,5-13H2,1-4H3. The number of rotatable bonds is 10. The molecule has 0 aliphatic rings. The fourth-order valence-corrected chi connectivity index (χ4v) is 3.58. The first-order valence-electron chi connectivity index (χ1n) is 7.11. The predicted molar refractivity (Wildman–Crippen MR) is 86.1 cm³/mol. The Bertz CT molecular complexity index is 161. The summed E-state index contributed by atoms with van der Waals surface area (Å²) in [7, 11) is 0. The van der Waals surface area contributed by atoms with Gasteiger partial charge in [0.15, 0.2) is 0 Å². The summed E-state index contributed by atoms with van der Waals surface area (Å²) < 4.78 is 0. The Labute approximate surface area is 119 Å². The summed E-state index contributed by atoms with van der Waals surface area (Å²) >= 11 is 7.08. The molecule has 17 heavy (non-hydrogen) atoms. The molecule has 0 aliphatic heterocycles. The van der Waals surface area contributed by atoms with Crippen molar-refractivity contribution in [2.24, 2.45) is 11.3 Å². The zero-order chi connectivity index (χ0) is 13.1. The summed E-state index contributed by atoms with van der Waals surface area (Å²) in [5, 5.41) is 0. The minimum absolute atomic E-state index is 0.494. The van der Waals surface area contributed by atoms with Crippen LogP contribution in [-0.2, 0) is 0 Å². The molecule has 0 aliphatic carbocycles. The maximum atomic E-state index is 4.94. The van der Waals surface area contributed by atoms with Crippen LogP contribution in [0.5, 0.6) is 0 Å². The Morgan fingerprint density at radius 1 is 1.00 bits per heavy atom. The maximum Gasteiger partial charge on any atom is 0.00369 e. The van der Waals surface area contributed by atoms with Crippen LogP contribution < -0.4 is 0 Å². The summed E-state index contributed by atoms with van der Waals surface area (Å²) in [6.07, 6.45) is 8.07. The molecule has 0 heterocycles. The maximum absolute atomic E-state index is 4.94. The molecule has 0 spiro atoms. The van der Waals surface area contributed by atoms with Crippen molar-refractivity contribution in [2.75, 3.05) is 17.3 Å². The molecule has 0 fully saturated rings. The largest absolute Gasteiger partial charge is 0.162 e. The number of hydrogen-bond acceptors (Lipinski definition) is 1. The van der Waals surface area contributed by atoms with Crippen LogP contribution in [0.2, 0.25) is 0 Å². The Kier molecular flexibility index (Phi) is 11.0. The van der Waals surface area contributed by atoms with E-state index in [1.807, 2.05) is 0 Å². The van der Waals surface area contributed by atoms with Crippen molar-refractivity contribution in [3.63, 3.8) is 0 Å². The van der Waals surface area contributed by atoms with E-state index in [0.29, 0.717) is 5.41 Å². The van der Waals surface area contributed by atoms with Gasteiger partial charge in [0.2, 0.25) is 0 Å². The number of unbranched alkanes of at least 4 members (excludes halogenated alkanes) is 3. The smallest absolute Gasteiger partial charge is 0.00369 e. The topological polar surface area (TPSA) is 0 Å². The molecule has 0 amide bonds. The molecule has 0 nitrogen and oxygen atoms in total. The molecule has 0 rings (SSSR count). The van der Waals surface area contributed by atoms with Gasteiger partial charge in [-0.15, -0.1) is 0 Å². The summed E-state index contributed by atoms with van der Waals surface area (Å²) in [4.78, 5) is 0. The van der Waals surface area contributed by atoms with Gasteiger partial charge < -0.3 is 0 Å². The highest BCUT2D eigenvalue weighted by molar-refractivity contribution is 7.99. The van der Waals surface area contributed by atoms with Gasteiger partial charge in [0, 0.05) is 5.75 Å². The van der Waals surface area contributed by atoms with Gasteiger partial charge in [0.1, 0.15) is 0 Å². The molecule has 2 heteroatoms. The lowest BCUT2D eigenvalue weighted by atomic mass is 9.84. The van der Waals surface area contributed by atoms with Crippen molar-refractivity contribution in [1.82, 2.24) is 0 Å². The van der Waals surface area contributed by atoms with Gasteiger partial charge in [-0.1, -0.05) is 53.2 Å². The van der Waals surface area contributed by atoms with E-state index in [2.05, 4.69) is 39.5 Å². The van der Waals surface area contributed by atoms with Crippen LogP contribution >= 0.6 is 24.4 Å². The third kappa shape index (κ3) is 14.6. The van der Waals surface area contributed by atoms with Crippen molar-refractivity contribution in [3.05, 3.63) is 0 Å². The lowest BCUT2D eigenvalue weighted by Crippen LogP contribution is -2.11. The molecule has 0 bridgehead atoms. The van der Waals surface area contributed by atoms with E-state index < -0.39 is 0 Å². The second-order valence-electron chi connectivity index (χ2n) is 6.39. The van der Waals surface area contributed by atoms with Gasteiger partial charge >= 0.3 is 0 Å². The van der Waals surface area contributed by atoms with Crippen molar-refractivity contribution < 1.29 is 0 Å². The van der Waals surface area contributed by atoms with Gasteiger partial charge in [0.05, 0.1) is 0 Å². The molecule has 0 aromatic rings. The third-order valence-corrected chi connectivity index (χ3v) is 4.29. The van der Waals surface area contributed by atoms with Crippen LogP contribution in [0, 0.1) is 11.3 Å². The molecule has 0 saturated heterocycles. The quantitative estimate of drug-likeness (QED) is 0.445. The minimum Gasteiger partial charge on any atom is -0.162 e. The molecule has 0 saturated carbocycles. The summed E-state index contributed by atoms with van der Waals surface area (Å²) in [6.45, 7) is 9.43. The van der Waals surface area contributed by atoms with Crippen molar-refractivity contribution in [1.29, 1.82) is 0 Å². The Balaban J connectivity index is 3.22. The van der Waals surface area contributed by atoms with Crippen LogP contribution in [0.1, 0.15) is 66.2 Å². The summed E-state index contributed by atoms with van der Waals surface area (Å²) in [6, 6.07) is 0. The SMILES string of the molecule is CC(CCSCCCCCC[S])CC(C)(C)C. The van der Waals surface area contributed by atoms with Crippen molar-refractivity contribution in [2.45, 2.75) is 66.2 Å². The minimum atomic E-state index is 0.494. The molecule has 0 aromatic carbocycles. The molecular formula is C15H31S2. The van der Waals surface area contributed by atoms with Crippen molar-refractivity contribution in [3.8, 4) is 0 Å². The Morgan fingerprint density at radius 2 is 1.65 bits per heavy atom. The fourth-order valence-electron chi connectivity index (χ4n) is 2.19. The normalized spacial score (nSPS) is 13.9. The molecule has 1 radical (unpaired) electrons. The zero-order valence-corrected chi connectivity index (χ0v) is 13.9. The molecule has 1 unspecified atom stereocenters. The summed E-state index contributed by atoms with van der Waals surface area (Å²) in [5.74, 6) is 4.51. The van der Waals surface area contributed by atoms with E-state index in [1.54, 1.807) is 0 Å². The van der Waals surface area contributed by atoms with Gasteiger partial charge in [-0.2, -0.15) is 11.8 Å².